The average Bonchev–Trinajstić information content (AvgIpc) is 2.92. The van der Waals surface area contributed by atoms with E-state index >= 15 is 0 Å². The molecule has 0 aliphatic heterocycles. The number of hydrogen-bond donors (Lipinski definition) is 1. The largest absolute Gasteiger partial charge is 0.467 e. The molecule has 1 atom stereocenters. The maximum absolute atomic E-state index is 13.7. The Morgan fingerprint density at radius 1 is 0.794 bits per heavy atom. The molecule has 1 fully saturated rings. The van der Waals surface area contributed by atoms with E-state index in [1.54, 1.807) is 0 Å². The first-order chi connectivity index (χ1) is 16.6. The number of benzene rings is 3. The maximum Gasteiger partial charge on any atom is 0.328 e. The quantitative estimate of drug-likeness (QED) is 0.353. The van der Waals surface area contributed by atoms with Gasteiger partial charge in [-0.15, -0.1) is 0 Å². The zero-order chi connectivity index (χ0) is 23.8. The molecule has 1 aliphatic carbocycles. The average molecular weight is 456 g/mol. The molecule has 1 N–H and O–H groups in total. The summed E-state index contributed by atoms with van der Waals surface area (Å²) in [6.07, 6.45) is 5.39. The lowest BCUT2D eigenvalue weighted by Gasteiger charge is -2.36. The number of ether oxygens (including phenoxy) is 1. The van der Waals surface area contributed by atoms with Gasteiger partial charge in [-0.2, -0.15) is 0 Å². The second-order valence-corrected chi connectivity index (χ2v) is 9.15. The summed E-state index contributed by atoms with van der Waals surface area (Å²) in [4.78, 5) is 26.4. The van der Waals surface area contributed by atoms with Gasteiger partial charge in [0.15, 0.2) is 0 Å². The Hall–Kier alpha value is -3.40. The van der Waals surface area contributed by atoms with Crippen molar-refractivity contribution in [3.05, 3.63) is 108 Å². The zero-order valence-electron chi connectivity index (χ0n) is 19.8. The monoisotopic (exact) mass is 455 g/mol. The molecule has 176 valence electrons. The van der Waals surface area contributed by atoms with Gasteiger partial charge >= 0.3 is 5.97 Å². The van der Waals surface area contributed by atoms with E-state index in [0.29, 0.717) is 0 Å². The van der Waals surface area contributed by atoms with E-state index < -0.39 is 11.5 Å². The topological polar surface area (TPSA) is 55.4 Å². The predicted molar refractivity (Wildman–Crippen MR) is 134 cm³/mol. The fourth-order valence-corrected chi connectivity index (χ4v) is 5.40. The minimum atomic E-state index is -0.693. The number of methoxy groups -OCH3 is 1. The van der Waals surface area contributed by atoms with E-state index in [4.69, 9.17) is 4.74 Å². The van der Waals surface area contributed by atoms with Crippen molar-refractivity contribution in [1.82, 2.24) is 5.32 Å². The van der Waals surface area contributed by atoms with E-state index in [1.165, 1.54) is 13.5 Å². The summed E-state index contributed by atoms with van der Waals surface area (Å²) in [5.74, 6) is -0.396. The first-order valence-electron chi connectivity index (χ1n) is 12.2. The Kier molecular flexibility index (Phi) is 7.79. The summed E-state index contributed by atoms with van der Waals surface area (Å²) in [5, 5.41) is 3.09. The molecule has 4 heteroatoms. The smallest absolute Gasteiger partial charge is 0.328 e. The number of carbonyl (C=O) groups is 2. The van der Waals surface area contributed by atoms with Crippen LogP contribution in [0.15, 0.2) is 91.0 Å². The molecule has 0 bridgehead atoms. The second kappa shape index (κ2) is 11.1. The van der Waals surface area contributed by atoms with Crippen LogP contribution in [-0.2, 0) is 19.7 Å². The summed E-state index contributed by atoms with van der Waals surface area (Å²) in [6.45, 7) is 0. The number of rotatable bonds is 8. The van der Waals surface area contributed by atoms with Crippen molar-refractivity contribution in [2.45, 2.75) is 50.0 Å². The molecule has 1 amide bonds. The van der Waals surface area contributed by atoms with Gasteiger partial charge in [0.05, 0.1) is 12.5 Å². The van der Waals surface area contributed by atoms with Crippen LogP contribution in [0.25, 0.3) is 0 Å². The van der Waals surface area contributed by atoms with Crippen molar-refractivity contribution >= 4 is 11.9 Å². The summed E-state index contributed by atoms with van der Waals surface area (Å²) >= 11 is 0. The third-order valence-corrected chi connectivity index (χ3v) is 7.12. The molecular weight excluding hydrogens is 422 g/mol. The van der Waals surface area contributed by atoms with Crippen LogP contribution in [0.1, 0.15) is 55.2 Å². The highest BCUT2D eigenvalue weighted by molar-refractivity contribution is 5.86. The van der Waals surface area contributed by atoms with E-state index in [2.05, 4.69) is 41.7 Å². The van der Waals surface area contributed by atoms with Crippen LogP contribution in [-0.4, -0.2) is 25.0 Å². The fraction of sp³-hybridized carbons (Fsp3) is 0.333. The van der Waals surface area contributed by atoms with Crippen LogP contribution in [0, 0.1) is 5.92 Å². The molecule has 0 aromatic heterocycles. The lowest BCUT2D eigenvalue weighted by atomic mass is 9.67. The molecule has 3 aromatic rings. The van der Waals surface area contributed by atoms with Crippen molar-refractivity contribution in [2.75, 3.05) is 7.11 Å². The molecule has 0 unspecified atom stereocenters. The van der Waals surface area contributed by atoms with Gasteiger partial charge in [0, 0.05) is 6.42 Å². The zero-order valence-corrected chi connectivity index (χ0v) is 19.8. The molecule has 1 saturated carbocycles. The van der Waals surface area contributed by atoms with Gasteiger partial charge < -0.3 is 10.1 Å². The molecule has 4 nitrogen and oxygen atoms in total. The first kappa shape index (κ1) is 23.7. The second-order valence-electron chi connectivity index (χ2n) is 9.15. The van der Waals surface area contributed by atoms with Crippen molar-refractivity contribution in [1.29, 1.82) is 0 Å². The summed E-state index contributed by atoms with van der Waals surface area (Å²) < 4.78 is 5.10. The van der Waals surface area contributed by atoms with Gasteiger partial charge in [0.25, 0.3) is 0 Å². The van der Waals surface area contributed by atoms with Crippen LogP contribution in [0.5, 0.6) is 0 Å². The van der Waals surface area contributed by atoms with Crippen molar-refractivity contribution < 1.29 is 14.3 Å². The number of nitrogens with one attached hydrogen (secondary N) is 1. The van der Waals surface area contributed by atoms with Gasteiger partial charge in [-0.1, -0.05) is 110 Å². The Bertz CT molecular complexity index is 963. The van der Waals surface area contributed by atoms with Gasteiger partial charge in [0.2, 0.25) is 5.91 Å². The minimum absolute atomic E-state index is 0.115. The predicted octanol–water partition coefficient (Wildman–Crippen LogP) is 5.65. The molecular formula is C30H33NO3. The molecule has 0 radical (unpaired) electrons. The highest BCUT2D eigenvalue weighted by Crippen LogP contribution is 2.42. The molecule has 0 spiro atoms. The van der Waals surface area contributed by atoms with Gasteiger partial charge in [-0.25, -0.2) is 4.79 Å². The first-order valence-corrected chi connectivity index (χ1v) is 12.2. The summed E-state index contributed by atoms with van der Waals surface area (Å²) in [5.41, 5.74) is 2.42. The summed E-state index contributed by atoms with van der Waals surface area (Å²) in [7, 11) is 1.40. The molecule has 0 saturated heterocycles. The van der Waals surface area contributed by atoms with Gasteiger partial charge in [0.1, 0.15) is 6.04 Å². The van der Waals surface area contributed by atoms with E-state index in [1.807, 2.05) is 54.6 Å². The van der Waals surface area contributed by atoms with E-state index in [-0.39, 0.29) is 24.2 Å². The highest BCUT2D eigenvalue weighted by atomic mass is 16.5. The van der Waals surface area contributed by atoms with Gasteiger partial charge in [-0.05, 0) is 35.4 Å². The Labute approximate surface area is 202 Å². The van der Waals surface area contributed by atoms with Crippen molar-refractivity contribution in [2.24, 2.45) is 5.92 Å². The number of carbonyl (C=O) groups excluding carboxylic acids is 2. The SMILES string of the molecule is COC(=O)[C@H](NC(=O)CC(c1ccccc1)(c1ccccc1)c1ccccc1)C1CCCCC1. The third kappa shape index (κ3) is 5.06. The van der Waals surface area contributed by atoms with Crippen LogP contribution < -0.4 is 5.32 Å². The van der Waals surface area contributed by atoms with Crippen LogP contribution in [0.4, 0.5) is 0 Å². The highest BCUT2D eigenvalue weighted by Gasteiger charge is 2.40. The Morgan fingerprint density at radius 3 is 1.65 bits per heavy atom. The molecule has 34 heavy (non-hydrogen) atoms. The van der Waals surface area contributed by atoms with E-state index in [9.17, 15) is 9.59 Å². The number of esters is 1. The molecule has 4 rings (SSSR count). The van der Waals surface area contributed by atoms with Crippen LogP contribution in [0.3, 0.4) is 0 Å². The standard InChI is InChI=1S/C30H33NO3/c1-34-29(33)28(23-14-6-2-7-15-23)31-27(32)22-30(24-16-8-3-9-17-24,25-18-10-4-11-19-25)26-20-12-5-13-21-26/h3-5,8-13,16-21,23,28H,2,6-7,14-15,22H2,1H3,(H,31,32)/t28-/m1/s1. The van der Waals surface area contributed by atoms with Crippen LogP contribution >= 0.6 is 0 Å². The van der Waals surface area contributed by atoms with Crippen molar-refractivity contribution in [3.63, 3.8) is 0 Å². The fourth-order valence-electron chi connectivity index (χ4n) is 5.40. The minimum Gasteiger partial charge on any atom is -0.467 e. The van der Waals surface area contributed by atoms with Crippen molar-refractivity contribution in [3.8, 4) is 0 Å². The third-order valence-electron chi connectivity index (χ3n) is 7.12. The van der Waals surface area contributed by atoms with Crippen LogP contribution in [0.2, 0.25) is 0 Å². The Balaban J connectivity index is 1.75. The lowest BCUT2D eigenvalue weighted by Crippen LogP contribution is -2.49. The maximum atomic E-state index is 13.7. The van der Waals surface area contributed by atoms with Gasteiger partial charge in [-0.3, -0.25) is 4.79 Å². The number of amides is 1. The van der Waals surface area contributed by atoms with E-state index in [0.717, 1.165) is 42.4 Å². The Morgan fingerprint density at radius 2 is 1.24 bits per heavy atom. The number of hydrogen-bond acceptors (Lipinski definition) is 3. The summed E-state index contributed by atoms with van der Waals surface area (Å²) in [6, 6.07) is 29.8. The normalized spacial score (nSPS) is 15.3. The molecule has 1 aliphatic rings. The lowest BCUT2D eigenvalue weighted by molar-refractivity contribution is -0.147. The molecule has 3 aromatic carbocycles. The molecule has 0 heterocycles.